The van der Waals surface area contributed by atoms with E-state index in [4.69, 9.17) is 5.73 Å². The number of aryl methyl sites for hydroxylation is 4. The Morgan fingerprint density at radius 2 is 1.87 bits per heavy atom. The Kier molecular flexibility index (Phi) is 8.54. The highest BCUT2D eigenvalue weighted by molar-refractivity contribution is 14.0. The summed E-state index contributed by atoms with van der Waals surface area (Å²) in [6.45, 7) is 6.93. The van der Waals surface area contributed by atoms with Gasteiger partial charge >= 0.3 is 0 Å². The Hall–Kier alpha value is -1.15. The molecule has 126 valence electrons. The fraction of sp³-hybridized carbons (Fsp3) is 0.412. The highest BCUT2D eigenvalue weighted by atomic mass is 127. The van der Waals surface area contributed by atoms with E-state index in [1.165, 1.54) is 16.1 Å². The van der Waals surface area contributed by atoms with E-state index in [1.54, 1.807) is 11.3 Å². The van der Waals surface area contributed by atoms with Crippen molar-refractivity contribution in [2.75, 3.05) is 11.9 Å². The summed E-state index contributed by atoms with van der Waals surface area (Å²) in [4.78, 5) is 8.84. The van der Waals surface area contributed by atoms with Crippen molar-refractivity contribution in [1.29, 1.82) is 0 Å². The SMILES string of the molecule is Cc1cc(C)cc(NC(N)=NCCCCc2nc(C)cs2)c1.I. The first-order valence-electron chi connectivity index (χ1n) is 7.59. The molecule has 0 amide bonds. The van der Waals surface area contributed by atoms with Crippen LogP contribution in [0.25, 0.3) is 0 Å². The van der Waals surface area contributed by atoms with Crippen molar-refractivity contribution in [2.24, 2.45) is 10.7 Å². The van der Waals surface area contributed by atoms with Crippen molar-refractivity contribution in [3.05, 3.63) is 45.4 Å². The number of hydrogen-bond donors (Lipinski definition) is 2. The topological polar surface area (TPSA) is 63.3 Å². The van der Waals surface area contributed by atoms with E-state index in [0.717, 1.165) is 37.2 Å². The van der Waals surface area contributed by atoms with Crippen molar-refractivity contribution in [3.63, 3.8) is 0 Å². The number of rotatable bonds is 6. The first kappa shape index (κ1) is 19.9. The maximum atomic E-state index is 5.93. The molecule has 1 aromatic heterocycles. The van der Waals surface area contributed by atoms with Gasteiger partial charge in [0.15, 0.2) is 5.96 Å². The zero-order chi connectivity index (χ0) is 15.9. The first-order chi connectivity index (χ1) is 10.5. The molecule has 0 atom stereocenters. The van der Waals surface area contributed by atoms with E-state index in [2.05, 4.69) is 52.7 Å². The van der Waals surface area contributed by atoms with Crippen molar-refractivity contribution >= 4 is 47.0 Å². The minimum atomic E-state index is 0. The number of anilines is 1. The summed E-state index contributed by atoms with van der Waals surface area (Å²) >= 11 is 1.73. The lowest BCUT2D eigenvalue weighted by Gasteiger charge is -2.08. The number of hydrogen-bond acceptors (Lipinski definition) is 3. The van der Waals surface area contributed by atoms with Crippen LogP contribution in [0.3, 0.4) is 0 Å². The molecule has 0 spiro atoms. The standard InChI is InChI=1S/C17H24N4S.HI/c1-12-8-13(2)10-15(9-12)21-17(18)19-7-5-4-6-16-20-14(3)11-22-16;/h8-11H,4-7H2,1-3H3,(H3,18,19,21);1H. The number of nitrogens with one attached hydrogen (secondary N) is 1. The Bertz CT molecular complexity index is 632. The van der Waals surface area contributed by atoms with Gasteiger partial charge in [-0.2, -0.15) is 0 Å². The second-order valence-corrected chi connectivity index (χ2v) is 6.55. The number of nitrogens with two attached hydrogens (primary N) is 1. The smallest absolute Gasteiger partial charge is 0.193 e. The summed E-state index contributed by atoms with van der Waals surface area (Å²) in [5, 5.41) is 6.46. The van der Waals surface area contributed by atoms with Gasteiger partial charge in [0.1, 0.15) is 0 Å². The van der Waals surface area contributed by atoms with E-state index >= 15 is 0 Å². The minimum Gasteiger partial charge on any atom is -0.370 e. The van der Waals surface area contributed by atoms with E-state index in [-0.39, 0.29) is 24.0 Å². The number of guanidine groups is 1. The summed E-state index contributed by atoms with van der Waals surface area (Å²) in [7, 11) is 0. The molecule has 0 radical (unpaired) electrons. The van der Waals surface area contributed by atoms with Gasteiger partial charge in [0.2, 0.25) is 0 Å². The Balaban J connectivity index is 0.00000264. The van der Waals surface area contributed by atoms with Crippen LogP contribution in [0, 0.1) is 20.8 Å². The molecular formula is C17H25IN4S. The summed E-state index contributed by atoms with van der Waals surface area (Å²) in [6.07, 6.45) is 3.14. The summed E-state index contributed by atoms with van der Waals surface area (Å²) < 4.78 is 0. The highest BCUT2D eigenvalue weighted by Crippen LogP contribution is 2.14. The average Bonchev–Trinajstić information content (AvgIpc) is 2.83. The number of halogens is 1. The van der Waals surface area contributed by atoms with E-state index in [0.29, 0.717) is 5.96 Å². The largest absolute Gasteiger partial charge is 0.370 e. The maximum Gasteiger partial charge on any atom is 0.193 e. The van der Waals surface area contributed by atoms with Gasteiger partial charge in [-0.3, -0.25) is 4.99 Å². The van der Waals surface area contributed by atoms with Crippen molar-refractivity contribution in [2.45, 2.75) is 40.0 Å². The molecule has 23 heavy (non-hydrogen) atoms. The van der Waals surface area contributed by atoms with Gasteiger partial charge in [-0.05, 0) is 63.3 Å². The van der Waals surface area contributed by atoms with Gasteiger partial charge in [0.05, 0.1) is 5.01 Å². The predicted octanol–water partition coefficient (Wildman–Crippen LogP) is 4.44. The molecular weight excluding hydrogens is 419 g/mol. The molecule has 2 rings (SSSR count). The molecule has 0 saturated heterocycles. The van der Waals surface area contributed by atoms with Crippen LogP contribution in [0.15, 0.2) is 28.6 Å². The molecule has 0 bridgehead atoms. The third kappa shape index (κ3) is 7.30. The van der Waals surface area contributed by atoms with Crippen LogP contribution in [0.5, 0.6) is 0 Å². The number of unbranched alkanes of at least 4 members (excludes halogenated alkanes) is 1. The number of aliphatic imine (C=N–C) groups is 1. The zero-order valence-corrected chi connectivity index (χ0v) is 17.1. The summed E-state index contributed by atoms with van der Waals surface area (Å²) in [5.41, 5.74) is 10.5. The minimum absolute atomic E-state index is 0. The molecule has 0 saturated carbocycles. The van der Waals surface area contributed by atoms with E-state index in [1.807, 2.05) is 6.92 Å². The summed E-state index contributed by atoms with van der Waals surface area (Å²) in [5.74, 6) is 0.482. The van der Waals surface area contributed by atoms with Crippen LogP contribution in [0.1, 0.15) is 34.7 Å². The van der Waals surface area contributed by atoms with Crippen LogP contribution in [-0.4, -0.2) is 17.5 Å². The molecule has 1 aromatic carbocycles. The number of benzene rings is 1. The quantitative estimate of drug-likeness (QED) is 0.300. The molecule has 0 aliphatic carbocycles. The predicted molar refractivity (Wildman–Crippen MR) is 111 cm³/mol. The average molecular weight is 444 g/mol. The second-order valence-electron chi connectivity index (χ2n) is 5.61. The molecule has 3 N–H and O–H groups in total. The maximum absolute atomic E-state index is 5.93. The lowest BCUT2D eigenvalue weighted by atomic mass is 10.1. The van der Waals surface area contributed by atoms with E-state index in [9.17, 15) is 0 Å². The van der Waals surface area contributed by atoms with Gasteiger partial charge in [-0.15, -0.1) is 35.3 Å². The molecule has 0 unspecified atom stereocenters. The number of nitrogens with zero attached hydrogens (tertiary/aromatic N) is 2. The monoisotopic (exact) mass is 444 g/mol. The fourth-order valence-electron chi connectivity index (χ4n) is 2.34. The fourth-order valence-corrected chi connectivity index (χ4v) is 3.16. The summed E-state index contributed by atoms with van der Waals surface area (Å²) in [6, 6.07) is 6.28. The molecule has 4 nitrogen and oxygen atoms in total. The van der Waals surface area contributed by atoms with Crippen LogP contribution in [0.2, 0.25) is 0 Å². The molecule has 0 aliphatic rings. The molecule has 0 aliphatic heterocycles. The number of aromatic nitrogens is 1. The Morgan fingerprint density at radius 1 is 1.17 bits per heavy atom. The van der Waals surface area contributed by atoms with Gasteiger partial charge in [-0.25, -0.2) is 4.98 Å². The first-order valence-corrected chi connectivity index (χ1v) is 8.47. The third-order valence-corrected chi connectivity index (χ3v) is 4.27. The van der Waals surface area contributed by atoms with Crippen LogP contribution < -0.4 is 11.1 Å². The normalized spacial score (nSPS) is 11.2. The lowest BCUT2D eigenvalue weighted by molar-refractivity contribution is 0.741. The van der Waals surface area contributed by atoms with Gasteiger partial charge in [-0.1, -0.05) is 6.07 Å². The molecule has 2 aromatic rings. The van der Waals surface area contributed by atoms with Crippen molar-refractivity contribution in [1.82, 2.24) is 4.98 Å². The molecule has 0 fully saturated rings. The van der Waals surface area contributed by atoms with E-state index < -0.39 is 0 Å². The Labute approximate surface area is 159 Å². The second kappa shape index (κ2) is 9.87. The van der Waals surface area contributed by atoms with Crippen molar-refractivity contribution in [3.8, 4) is 0 Å². The van der Waals surface area contributed by atoms with Crippen molar-refractivity contribution < 1.29 is 0 Å². The third-order valence-electron chi connectivity index (χ3n) is 3.24. The van der Waals surface area contributed by atoms with Crippen LogP contribution in [-0.2, 0) is 6.42 Å². The van der Waals surface area contributed by atoms with Crippen LogP contribution >= 0.6 is 35.3 Å². The van der Waals surface area contributed by atoms with Gasteiger partial charge < -0.3 is 11.1 Å². The van der Waals surface area contributed by atoms with Gasteiger partial charge in [0, 0.05) is 23.3 Å². The Morgan fingerprint density at radius 3 is 2.48 bits per heavy atom. The molecule has 1 heterocycles. The molecule has 6 heteroatoms. The number of thiazole rings is 1. The van der Waals surface area contributed by atoms with Crippen LogP contribution in [0.4, 0.5) is 5.69 Å². The highest BCUT2D eigenvalue weighted by Gasteiger charge is 1.99. The lowest BCUT2D eigenvalue weighted by Crippen LogP contribution is -2.23. The zero-order valence-electron chi connectivity index (χ0n) is 13.9. The van der Waals surface area contributed by atoms with Gasteiger partial charge in [0.25, 0.3) is 0 Å².